The fourth-order valence-corrected chi connectivity index (χ4v) is 3.59. The molecule has 1 aromatic rings. The van der Waals surface area contributed by atoms with Crippen molar-refractivity contribution in [3.63, 3.8) is 0 Å². The monoisotopic (exact) mass is 375 g/mol. The third-order valence-corrected chi connectivity index (χ3v) is 5.43. The zero-order valence-electron chi connectivity index (χ0n) is 12.0. The van der Waals surface area contributed by atoms with Gasteiger partial charge in [0.25, 0.3) is 5.56 Å². The molecule has 21 heavy (non-hydrogen) atoms. The van der Waals surface area contributed by atoms with Crippen LogP contribution in [0, 0.1) is 0 Å². The van der Waals surface area contributed by atoms with Crippen molar-refractivity contribution in [2.24, 2.45) is 0 Å². The van der Waals surface area contributed by atoms with E-state index in [2.05, 4.69) is 37.3 Å². The average Bonchev–Trinajstić information content (AvgIpc) is 2.94. The van der Waals surface area contributed by atoms with Crippen LogP contribution in [-0.4, -0.2) is 40.4 Å². The Kier molecular flexibility index (Phi) is 5.69. The molecule has 2 atom stereocenters. The summed E-state index contributed by atoms with van der Waals surface area (Å²) in [6.07, 6.45) is 7.05. The minimum absolute atomic E-state index is 0.188. The minimum Gasteiger partial charge on any atom is -0.468 e. The van der Waals surface area contributed by atoms with Gasteiger partial charge in [0.2, 0.25) is 0 Å². The van der Waals surface area contributed by atoms with Gasteiger partial charge in [-0.05, 0) is 41.4 Å². The number of thioether (sulfide) groups is 1. The van der Waals surface area contributed by atoms with E-state index in [9.17, 15) is 9.59 Å². The van der Waals surface area contributed by atoms with E-state index >= 15 is 0 Å². The molecule has 2 rings (SSSR count). The number of nitrogens with one attached hydrogen (secondary N) is 1. The molecule has 1 N–H and O–H groups in total. The molecule has 0 bridgehead atoms. The van der Waals surface area contributed by atoms with Crippen LogP contribution in [0.3, 0.4) is 0 Å². The quantitative estimate of drug-likeness (QED) is 0.792. The summed E-state index contributed by atoms with van der Waals surface area (Å²) < 4.78 is 6.02. The van der Waals surface area contributed by atoms with Crippen LogP contribution < -0.4 is 10.9 Å². The van der Waals surface area contributed by atoms with E-state index in [1.165, 1.54) is 13.5 Å². The van der Waals surface area contributed by atoms with Gasteiger partial charge >= 0.3 is 5.97 Å². The summed E-state index contributed by atoms with van der Waals surface area (Å²) >= 11 is 5.17. The van der Waals surface area contributed by atoms with Gasteiger partial charge in [0.15, 0.2) is 0 Å². The lowest BCUT2D eigenvalue weighted by molar-refractivity contribution is -0.141. The van der Waals surface area contributed by atoms with Crippen molar-refractivity contribution < 1.29 is 9.53 Å². The zero-order valence-corrected chi connectivity index (χ0v) is 14.4. The standard InChI is InChI=1S/C13H18BrN3O3S/c1-20-11(18)7-17-13(19)12(14)10(6-15-17)16-8-3-4-9(5-8)21-2/h6,8-9,16H,3-5,7H2,1-2H3. The van der Waals surface area contributed by atoms with Gasteiger partial charge in [0.05, 0.1) is 19.0 Å². The summed E-state index contributed by atoms with van der Waals surface area (Å²) in [4.78, 5) is 23.4. The molecule has 6 nitrogen and oxygen atoms in total. The number of hydrogen-bond acceptors (Lipinski definition) is 6. The number of hydrogen-bond donors (Lipinski definition) is 1. The van der Waals surface area contributed by atoms with Crippen LogP contribution in [0.25, 0.3) is 0 Å². The van der Waals surface area contributed by atoms with Gasteiger partial charge in [0.1, 0.15) is 11.0 Å². The Morgan fingerprint density at radius 3 is 3.00 bits per heavy atom. The van der Waals surface area contributed by atoms with E-state index in [0.717, 1.165) is 17.5 Å². The number of nitrogens with zero attached hydrogens (tertiary/aromatic N) is 2. The van der Waals surface area contributed by atoms with E-state index in [1.807, 2.05) is 11.8 Å². The number of ether oxygens (including phenoxy) is 1. The van der Waals surface area contributed by atoms with Gasteiger partial charge < -0.3 is 10.1 Å². The molecular formula is C13H18BrN3O3S. The lowest BCUT2D eigenvalue weighted by Gasteiger charge is -2.15. The Morgan fingerprint density at radius 1 is 1.62 bits per heavy atom. The third kappa shape index (κ3) is 4.00. The van der Waals surface area contributed by atoms with Crippen LogP contribution >= 0.6 is 27.7 Å². The van der Waals surface area contributed by atoms with Crippen LogP contribution in [0.5, 0.6) is 0 Å². The van der Waals surface area contributed by atoms with Crippen molar-refractivity contribution in [1.82, 2.24) is 9.78 Å². The van der Waals surface area contributed by atoms with Crippen molar-refractivity contribution >= 4 is 39.3 Å². The lowest BCUT2D eigenvalue weighted by atomic mass is 10.2. The summed E-state index contributed by atoms with van der Waals surface area (Å²) in [5.74, 6) is -0.504. The Balaban J connectivity index is 2.10. The van der Waals surface area contributed by atoms with Crippen molar-refractivity contribution in [3.8, 4) is 0 Å². The van der Waals surface area contributed by atoms with Gasteiger partial charge in [-0.2, -0.15) is 16.9 Å². The summed E-state index contributed by atoms with van der Waals surface area (Å²) in [6.45, 7) is -0.188. The molecule has 8 heteroatoms. The molecule has 1 aliphatic rings. The first-order valence-corrected chi connectivity index (χ1v) is 8.75. The first kappa shape index (κ1) is 16.4. The molecule has 116 valence electrons. The summed E-state index contributed by atoms with van der Waals surface area (Å²) in [5, 5.41) is 8.05. The molecule has 0 amide bonds. The van der Waals surface area contributed by atoms with Crippen LogP contribution in [0.2, 0.25) is 0 Å². The highest BCUT2D eigenvalue weighted by Crippen LogP contribution is 2.31. The Hall–Kier alpha value is -1.02. The molecule has 2 unspecified atom stereocenters. The summed E-state index contributed by atoms with van der Waals surface area (Å²) in [5.41, 5.74) is 0.331. The highest BCUT2D eigenvalue weighted by Gasteiger charge is 2.24. The second-order valence-electron chi connectivity index (χ2n) is 4.92. The largest absolute Gasteiger partial charge is 0.468 e. The van der Waals surface area contributed by atoms with E-state index in [-0.39, 0.29) is 12.1 Å². The van der Waals surface area contributed by atoms with Gasteiger partial charge in [-0.15, -0.1) is 0 Å². The molecule has 0 spiro atoms. The van der Waals surface area contributed by atoms with Gasteiger partial charge in [-0.1, -0.05) is 0 Å². The molecule has 0 aliphatic heterocycles. The summed E-state index contributed by atoms with van der Waals surface area (Å²) in [7, 11) is 1.28. The first-order valence-electron chi connectivity index (χ1n) is 6.67. The Morgan fingerprint density at radius 2 is 2.38 bits per heavy atom. The maximum atomic E-state index is 12.1. The number of anilines is 1. The number of aromatic nitrogens is 2. The lowest BCUT2D eigenvalue weighted by Crippen LogP contribution is -2.29. The highest BCUT2D eigenvalue weighted by atomic mass is 79.9. The number of carbonyl (C=O) groups excluding carboxylic acids is 1. The molecule has 0 saturated heterocycles. The van der Waals surface area contributed by atoms with Crippen LogP contribution in [0.15, 0.2) is 15.5 Å². The molecule has 1 saturated carbocycles. The molecule has 1 aliphatic carbocycles. The molecule has 1 fully saturated rings. The van der Waals surface area contributed by atoms with Crippen LogP contribution in [-0.2, 0) is 16.1 Å². The number of rotatable bonds is 5. The van der Waals surface area contributed by atoms with E-state index in [0.29, 0.717) is 21.5 Å². The van der Waals surface area contributed by atoms with Crippen molar-refractivity contribution in [3.05, 3.63) is 21.0 Å². The SMILES string of the molecule is COC(=O)Cn1ncc(NC2CCC(SC)C2)c(Br)c1=O. The predicted molar refractivity (Wildman–Crippen MR) is 86.8 cm³/mol. The second kappa shape index (κ2) is 7.31. The van der Waals surface area contributed by atoms with Crippen LogP contribution in [0.4, 0.5) is 5.69 Å². The zero-order chi connectivity index (χ0) is 15.4. The normalized spacial score (nSPS) is 21.3. The number of esters is 1. The predicted octanol–water partition coefficient (Wildman–Crippen LogP) is 1.87. The van der Waals surface area contributed by atoms with Crippen molar-refractivity contribution in [2.45, 2.75) is 37.1 Å². The molecule has 1 aromatic heterocycles. The van der Waals surface area contributed by atoms with Gasteiger partial charge in [-0.25, -0.2) is 4.68 Å². The smallest absolute Gasteiger partial charge is 0.327 e. The molecule has 0 radical (unpaired) electrons. The highest BCUT2D eigenvalue weighted by molar-refractivity contribution is 9.10. The number of halogens is 1. The Labute approximate surface area is 135 Å². The van der Waals surface area contributed by atoms with Crippen molar-refractivity contribution in [1.29, 1.82) is 0 Å². The van der Waals surface area contributed by atoms with E-state index < -0.39 is 5.97 Å². The molecular weight excluding hydrogens is 358 g/mol. The maximum Gasteiger partial charge on any atom is 0.327 e. The fourth-order valence-electron chi connectivity index (χ4n) is 2.37. The topological polar surface area (TPSA) is 73.2 Å². The third-order valence-electron chi connectivity index (χ3n) is 3.57. The van der Waals surface area contributed by atoms with E-state index in [1.54, 1.807) is 6.20 Å². The average molecular weight is 376 g/mol. The maximum absolute atomic E-state index is 12.1. The van der Waals surface area contributed by atoms with Gasteiger partial charge in [-0.3, -0.25) is 9.59 Å². The fraction of sp³-hybridized carbons (Fsp3) is 0.615. The second-order valence-corrected chi connectivity index (χ2v) is 6.85. The molecule has 0 aromatic carbocycles. The number of carbonyl (C=O) groups is 1. The Bertz CT molecular complexity index is 578. The first-order chi connectivity index (χ1) is 10.0. The van der Waals surface area contributed by atoms with E-state index in [4.69, 9.17) is 0 Å². The number of methoxy groups -OCH3 is 1. The molecule has 1 heterocycles. The minimum atomic E-state index is -0.504. The van der Waals surface area contributed by atoms with Crippen LogP contribution in [0.1, 0.15) is 19.3 Å². The van der Waals surface area contributed by atoms with Gasteiger partial charge in [0, 0.05) is 11.3 Å². The summed E-state index contributed by atoms with van der Waals surface area (Å²) in [6, 6.07) is 0.358. The van der Waals surface area contributed by atoms with Crippen molar-refractivity contribution in [2.75, 3.05) is 18.7 Å².